The van der Waals surface area contributed by atoms with Crippen LogP contribution in [0.15, 0.2) is 73.1 Å². The number of piperidine rings is 1. The van der Waals surface area contributed by atoms with Crippen LogP contribution >= 0.6 is 0 Å². The quantitative estimate of drug-likeness (QED) is 0.0351. The molecule has 1 fully saturated rings. The number of imide groups is 2. The molecule has 1 unspecified atom stereocenters. The van der Waals surface area contributed by atoms with Crippen LogP contribution in [0.4, 0.5) is 20.2 Å². The predicted molar refractivity (Wildman–Crippen MR) is 230 cm³/mol. The predicted octanol–water partition coefficient (Wildman–Crippen LogP) is 6.36. The second kappa shape index (κ2) is 19.1. The molecule has 18 heteroatoms. The van der Waals surface area contributed by atoms with Gasteiger partial charge in [0, 0.05) is 60.5 Å². The molecule has 0 spiro atoms. The van der Waals surface area contributed by atoms with Crippen LogP contribution in [0.3, 0.4) is 0 Å². The minimum Gasteiger partial charge on any atom is -0.385 e. The number of ketones is 1. The smallest absolute Gasteiger partial charge is 0.262 e. The van der Waals surface area contributed by atoms with Crippen LogP contribution in [0.2, 0.25) is 0 Å². The Balaban J connectivity index is 0.834. The van der Waals surface area contributed by atoms with Crippen LogP contribution in [0, 0.1) is 11.6 Å². The lowest BCUT2D eigenvalue weighted by molar-refractivity contribution is -0.136. The molecule has 2 aromatic heterocycles. The van der Waals surface area contributed by atoms with Crippen molar-refractivity contribution < 1.29 is 46.0 Å². The van der Waals surface area contributed by atoms with Gasteiger partial charge in [-0.1, -0.05) is 50.5 Å². The van der Waals surface area contributed by atoms with Crippen LogP contribution in [-0.4, -0.2) is 76.9 Å². The molecule has 0 aliphatic carbocycles. The Labute approximate surface area is 361 Å². The van der Waals surface area contributed by atoms with Crippen LogP contribution < -0.4 is 20.7 Å². The number of fused-ring (bicyclic) bond motifs is 2. The summed E-state index contributed by atoms with van der Waals surface area (Å²) in [6.07, 6.45) is 8.01. The maximum atomic E-state index is 15.4. The van der Waals surface area contributed by atoms with Gasteiger partial charge in [0.25, 0.3) is 11.8 Å². The summed E-state index contributed by atoms with van der Waals surface area (Å²) < 4.78 is 56.9. The summed E-state index contributed by atoms with van der Waals surface area (Å²) in [6, 6.07) is 14.7. The first-order valence-electron chi connectivity index (χ1n) is 20.7. The standard InChI is InChI=1S/C45H45F2N7O8S/c1-2-20-63(61,62)53-35-16-15-34(46)39(40(35)47)41(57)33-25-51-42-31(33)21-28(24-50-42)27-11-9-26(10-12-27)23-49-37(55)8-6-4-3-5-7-19-48-29-13-14-30-32(22-29)45(60)54(44(30)59)36-17-18-38(56)52-43(36)58/h9-16,21-22,24-25,36,48,53H,2-8,17-20,23H2,1H3,(H,49,55)(H,50,51)(H,52,56,58). The fraction of sp³-hybridized carbons (Fsp3) is 0.311. The van der Waals surface area contributed by atoms with Gasteiger partial charge in [-0.25, -0.2) is 22.2 Å². The molecule has 5 amide bonds. The first-order valence-corrected chi connectivity index (χ1v) is 22.4. The zero-order chi connectivity index (χ0) is 44.8. The Bertz CT molecular complexity index is 2740. The van der Waals surface area contributed by atoms with E-state index in [9.17, 15) is 41.6 Å². The third-order valence-corrected chi connectivity index (χ3v) is 12.4. The summed E-state index contributed by atoms with van der Waals surface area (Å²) in [4.78, 5) is 84.1. The molecular weight excluding hydrogens is 837 g/mol. The maximum absolute atomic E-state index is 15.4. The van der Waals surface area contributed by atoms with Crippen molar-refractivity contribution in [2.24, 2.45) is 0 Å². The molecule has 0 radical (unpaired) electrons. The third kappa shape index (κ3) is 9.96. The van der Waals surface area contributed by atoms with Crippen molar-refractivity contribution >= 4 is 67.8 Å². The summed E-state index contributed by atoms with van der Waals surface area (Å²) >= 11 is 0. The minimum absolute atomic E-state index is 0.0446. The number of halogens is 2. The Hall–Kier alpha value is -6.82. The number of carbonyl (C=O) groups excluding carboxylic acids is 6. The van der Waals surface area contributed by atoms with E-state index in [4.69, 9.17) is 0 Å². The van der Waals surface area contributed by atoms with Crippen molar-refractivity contribution in [3.05, 3.63) is 113 Å². The number of anilines is 2. The van der Waals surface area contributed by atoms with Crippen molar-refractivity contribution in [1.82, 2.24) is 25.5 Å². The molecule has 4 heterocycles. The first kappa shape index (κ1) is 44.2. The van der Waals surface area contributed by atoms with Gasteiger partial charge in [-0.2, -0.15) is 0 Å². The maximum Gasteiger partial charge on any atom is 0.262 e. The summed E-state index contributed by atoms with van der Waals surface area (Å²) in [5.41, 5.74) is 2.21. The molecule has 0 saturated carbocycles. The number of aromatic amines is 1. The lowest BCUT2D eigenvalue weighted by Gasteiger charge is -2.27. The zero-order valence-corrected chi connectivity index (χ0v) is 35.1. The highest BCUT2D eigenvalue weighted by atomic mass is 32.2. The number of rotatable bonds is 19. The number of hydrogen-bond acceptors (Lipinski definition) is 10. The summed E-state index contributed by atoms with van der Waals surface area (Å²) in [5.74, 6) is -5.96. The van der Waals surface area contributed by atoms with Crippen molar-refractivity contribution in [3.63, 3.8) is 0 Å². The van der Waals surface area contributed by atoms with Crippen LogP contribution in [0.5, 0.6) is 0 Å². The Morgan fingerprint density at radius 2 is 1.63 bits per heavy atom. The van der Waals surface area contributed by atoms with Gasteiger partial charge in [0.1, 0.15) is 17.5 Å². The molecule has 328 valence electrons. The molecule has 2 aliphatic rings. The van der Waals surface area contributed by atoms with Crippen molar-refractivity contribution in [3.8, 4) is 11.1 Å². The summed E-state index contributed by atoms with van der Waals surface area (Å²) in [5, 5.41) is 8.73. The average molecular weight is 882 g/mol. The molecule has 63 heavy (non-hydrogen) atoms. The fourth-order valence-corrected chi connectivity index (χ4v) is 8.80. The Morgan fingerprint density at radius 1 is 0.889 bits per heavy atom. The molecule has 1 saturated heterocycles. The van der Waals surface area contributed by atoms with E-state index < -0.39 is 68.4 Å². The van der Waals surface area contributed by atoms with Crippen LogP contribution in [0.1, 0.15) is 107 Å². The normalized spacial score (nSPS) is 15.1. The molecule has 2 aliphatic heterocycles. The molecule has 5 N–H and O–H groups in total. The lowest BCUT2D eigenvalue weighted by Crippen LogP contribution is -2.54. The highest BCUT2D eigenvalue weighted by Crippen LogP contribution is 2.32. The summed E-state index contributed by atoms with van der Waals surface area (Å²) in [6.45, 7) is 2.60. The average Bonchev–Trinajstić information content (AvgIpc) is 3.79. The van der Waals surface area contributed by atoms with Crippen molar-refractivity contribution in [2.45, 2.75) is 77.3 Å². The topological polar surface area (TPSA) is 217 Å². The Morgan fingerprint density at radius 3 is 2.40 bits per heavy atom. The largest absolute Gasteiger partial charge is 0.385 e. The first-order chi connectivity index (χ1) is 30.2. The SMILES string of the molecule is CCCS(=O)(=O)Nc1ccc(F)c(C(=O)c2c[nH]c3ncc(-c4ccc(CNC(=O)CCCCCCCNc5ccc6c(c5)C(=O)N(C5CCC(=O)NC5=O)C6=O)cc4)cc23)c1F. The highest BCUT2D eigenvalue weighted by Gasteiger charge is 2.44. The number of unbranched alkanes of at least 4 members (excludes halogenated alkanes) is 4. The number of H-pyrrole nitrogens is 1. The van der Waals surface area contributed by atoms with Gasteiger partial charge in [-0.3, -0.25) is 43.7 Å². The lowest BCUT2D eigenvalue weighted by atomic mass is 9.99. The highest BCUT2D eigenvalue weighted by molar-refractivity contribution is 7.92. The second-order valence-corrected chi connectivity index (χ2v) is 17.3. The molecule has 5 aromatic rings. The van der Waals surface area contributed by atoms with E-state index in [1.54, 1.807) is 37.4 Å². The number of benzene rings is 3. The van der Waals surface area contributed by atoms with Crippen LogP contribution in [0.25, 0.3) is 22.2 Å². The van der Waals surface area contributed by atoms with Crippen molar-refractivity contribution in [1.29, 1.82) is 0 Å². The van der Waals surface area contributed by atoms with Gasteiger partial charge in [0.2, 0.25) is 33.5 Å². The molecular formula is C45H45F2N7O8S. The molecule has 15 nitrogen and oxygen atoms in total. The number of carbonyl (C=O) groups is 6. The van der Waals surface area contributed by atoms with Gasteiger partial charge in [-0.05, 0) is 73.2 Å². The molecule has 1 atom stereocenters. The van der Waals surface area contributed by atoms with E-state index in [0.717, 1.165) is 60.3 Å². The van der Waals surface area contributed by atoms with E-state index >= 15 is 4.39 Å². The van der Waals surface area contributed by atoms with Gasteiger partial charge in [0.15, 0.2) is 5.82 Å². The molecule has 7 rings (SSSR count). The van der Waals surface area contributed by atoms with E-state index in [2.05, 4.69) is 30.6 Å². The monoisotopic (exact) mass is 881 g/mol. The molecule has 0 bridgehead atoms. The number of nitrogens with zero attached hydrogens (tertiary/aromatic N) is 2. The zero-order valence-electron chi connectivity index (χ0n) is 34.3. The number of amides is 5. The van der Waals surface area contributed by atoms with E-state index in [-0.39, 0.29) is 47.6 Å². The number of hydrogen-bond donors (Lipinski definition) is 5. The third-order valence-electron chi connectivity index (χ3n) is 11.0. The van der Waals surface area contributed by atoms with E-state index in [1.807, 2.05) is 24.3 Å². The molecule has 3 aromatic carbocycles. The van der Waals surface area contributed by atoms with E-state index in [0.29, 0.717) is 41.8 Å². The van der Waals surface area contributed by atoms with Gasteiger partial charge in [-0.15, -0.1) is 0 Å². The number of nitrogens with one attached hydrogen (secondary N) is 5. The van der Waals surface area contributed by atoms with Crippen molar-refractivity contribution in [2.75, 3.05) is 22.3 Å². The van der Waals surface area contributed by atoms with E-state index in [1.165, 1.54) is 6.20 Å². The van der Waals surface area contributed by atoms with Gasteiger partial charge in [0.05, 0.1) is 28.1 Å². The Kier molecular flexibility index (Phi) is 13.4. The fourth-order valence-electron chi connectivity index (χ4n) is 7.67. The van der Waals surface area contributed by atoms with Crippen LogP contribution in [-0.2, 0) is 31.0 Å². The number of aromatic nitrogens is 2. The van der Waals surface area contributed by atoms with Gasteiger partial charge >= 0.3 is 0 Å². The summed E-state index contributed by atoms with van der Waals surface area (Å²) in [7, 11) is -3.91. The second-order valence-electron chi connectivity index (χ2n) is 15.5. The minimum atomic E-state index is -3.91. The van der Waals surface area contributed by atoms with Gasteiger partial charge < -0.3 is 15.6 Å². The number of pyridine rings is 1. The number of sulfonamides is 1.